The molecule has 2 fully saturated rings. The van der Waals surface area contributed by atoms with Crippen LogP contribution < -0.4 is 47.3 Å². The van der Waals surface area contributed by atoms with Gasteiger partial charge >= 0.3 is 0 Å². The molecule has 23 nitrogen and oxygen atoms in total. The Morgan fingerprint density at radius 2 is 0.929 bits per heavy atom. The fourth-order valence-electron chi connectivity index (χ4n) is 13.8. The van der Waals surface area contributed by atoms with Crippen LogP contribution in [0.25, 0.3) is 22.3 Å². The number of carbonyl (C=O) groups is 2. The zero-order chi connectivity index (χ0) is 78.0. The lowest BCUT2D eigenvalue weighted by atomic mass is 9.94. The second-order valence-electron chi connectivity index (χ2n) is 28.5. The molecule has 5 aliphatic rings. The van der Waals surface area contributed by atoms with E-state index in [1.54, 1.807) is 98.4 Å². The molecule has 3 aliphatic heterocycles. The highest BCUT2D eigenvalue weighted by atomic mass is 32.2. The third-order valence-electron chi connectivity index (χ3n) is 20.5. The number of methoxy groups -OCH3 is 1. The summed E-state index contributed by atoms with van der Waals surface area (Å²) in [5.74, 6) is 3.57. The number of aryl methyl sites for hydroxylation is 3. The highest BCUT2D eigenvalue weighted by Gasteiger charge is 2.52. The van der Waals surface area contributed by atoms with Crippen LogP contribution in [0.4, 0.5) is 72.5 Å². The van der Waals surface area contributed by atoms with E-state index >= 15 is 4.39 Å². The molecule has 12 bridgehead atoms. The number of benzene rings is 8. The normalized spacial score (nSPS) is 19.2. The van der Waals surface area contributed by atoms with Gasteiger partial charge in [0.05, 0.1) is 52.8 Å². The van der Waals surface area contributed by atoms with Crippen molar-refractivity contribution in [2.24, 2.45) is 0 Å². The van der Waals surface area contributed by atoms with Crippen molar-refractivity contribution in [1.29, 1.82) is 14.3 Å². The van der Waals surface area contributed by atoms with Crippen LogP contribution >= 0.6 is 0 Å². The van der Waals surface area contributed by atoms with Gasteiger partial charge in [-0.3, -0.25) is 9.59 Å². The van der Waals surface area contributed by atoms with Gasteiger partial charge in [0.2, 0.25) is 29.7 Å². The number of hydrogen-bond donors (Lipinski definition) is 11. The summed E-state index contributed by atoms with van der Waals surface area (Å²) < 4.78 is 97.8. The minimum absolute atomic E-state index is 0.0842. The van der Waals surface area contributed by atoms with Gasteiger partial charge in [0.25, 0.3) is 0 Å². The summed E-state index contributed by atoms with van der Waals surface area (Å²) in [4.78, 5) is 55.6. The Morgan fingerprint density at radius 3 is 1.42 bits per heavy atom. The molecule has 16 rings (SSSR count). The van der Waals surface area contributed by atoms with Crippen molar-refractivity contribution < 1.29 is 35.7 Å². The molecule has 0 saturated heterocycles. The maximum Gasteiger partial charge on any atom is 0.235 e. The molecule has 3 unspecified atom stereocenters. The molecular formula is C84H87F2N17O6S3. The third-order valence-corrected chi connectivity index (χ3v) is 26.2. The van der Waals surface area contributed by atoms with Crippen molar-refractivity contribution in [2.45, 2.75) is 109 Å². The molecule has 3 aromatic heterocycles. The number of nitrogens with zero attached hydrogens (tertiary/aromatic N) is 6. The molecule has 28 heteroatoms. The van der Waals surface area contributed by atoms with E-state index in [9.17, 15) is 26.6 Å². The van der Waals surface area contributed by atoms with Gasteiger partial charge in [-0.1, -0.05) is 84.9 Å². The van der Waals surface area contributed by atoms with Crippen molar-refractivity contribution in [3.8, 4) is 28.0 Å². The Hall–Kier alpha value is -11.8. The van der Waals surface area contributed by atoms with E-state index in [-0.39, 0.29) is 29.1 Å². The largest absolute Gasteiger partial charge is 0.497 e. The van der Waals surface area contributed by atoms with Gasteiger partial charge in [-0.15, -0.1) is 0 Å². The monoisotopic (exact) mass is 1560 g/mol. The second-order valence-corrected chi connectivity index (χ2v) is 35.2. The highest BCUT2D eigenvalue weighted by Crippen LogP contribution is 2.51. The Bertz CT molecular complexity index is 5680. The second kappa shape index (κ2) is 33.4. The van der Waals surface area contributed by atoms with Crippen molar-refractivity contribution in [3.05, 3.63) is 246 Å². The molecule has 112 heavy (non-hydrogen) atoms. The van der Waals surface area contributed by atoms with Crippen molar-refractivity contribution in [2.75, 3.05) is 86.5 Å². The number of carbonyl (C=O) groups excluding carboxylic acids is 2. The van der Waals surface area contributed by atoms with E-state index < -0.39 is 45.8 Å². The summed E-state index contributed by atoms with van der Waals surface area (Å²) in [6.45, 7) is 3.80. The highest BCUT2D eigenvalue weighted by molar-refractivity contribution is 7.93. The lowest BCUT2D eigenvalue weighted by Crippen LogP contribution is -2.28. The quantitative estimate of drug-likeness (QED) is 0.0541. The van der Waals surface area contributed by atoms with Crippen LogP contribution in [0.2, 0.25) is 0 Å². The number of nitrogens with one attached hydrogen (secondary N) is 11. The summed E-state index contributed by atoms with van der Waals surface area (Å²) >= 11 is 0. The number of aromatic nitrogens is 6. The molecule has 11 N–H and O–H groups in total. The van der Waals surface area contributed by atoms with Gasteiger partial charge in [0, 0.05) is 110 Å². The molecule has 6 heterocycles. The predicted octanol–water partition coefficient (Wildman–Crippen LogP) is 17.5. The molecule has 3 atom stereocenters. The molecule has 2 amide bonds. The number of rotatable bonds is 12. The molecular weight excluding hydrogens is 1480 g/mol. The SMILES string of the molecule is COc1cccc(C2(C(=O)Nc3ccc(-c4cnc5nc4NCCCCS(=N)(=O)c4cccc(c4)N5)cc3F)CC2)c1.Cc1cc(-c2cnc3nc2NCCCCS(=N)(=O)c2cccc(c2)N3)ccc1NC(=O)C1(c2ccc(F)cc2)CC1.N=S1(=O)CCCCNc2nc(ncc2CCc2ccccc2)Nc2cccc1c2. The average molecular weight is 1560 g/mol. The Morgan fingerprint density at radius 1 is 0.473 bits per heavy atom. The number of amides is 2. The summed E-state index contributed by atoms with van der Waals surface area (Å²) in [6, 6.07) is 55.7. The maximum absolute atomic E-state index is 15.4. The first kappa shape index (κ1) is 77.0. The zero-order valence-electron chi connectivity index (χ0n) is 62.0. The van der Waals surface area contributed by atoms with E-state index in [2.05, 4.69) is 91.7 Å². The van der Waals surface area contributed by atoms with Gasteiger partial charge in [0.1, 0.15) is 34.8 Å². The van der Waals surface area contributed by atoms with Crippen LogP contribution in [0.1, 0.15) is 92.0 Å². The van der Waals surface area contributed by atoms with Crippen LogP contribution in [0.3, 0.4) is 0 Å². The molecule has 576 valence electrons. The lowest BCUT2D eigenvalue weighted by Gasteiger charge is -2.18. The summed E-state index contributed by atoms with van der Waals surface area (Å²) in [5, 5.41) is 25.5. The summed E-state index contributed by atoms with van der Waals surface area (Å²) in [5.41, 5.74) is 9.36. The van der Waals surface area contributed by atoms with Gasteiger partial charge in [-0.2, -0.15) is 15.0 Å². The lowest BCUT2D eigenvalue weighted by molar-refractivity contribution is -0.119. The van der Waals surface area contributed by atoms with Crippen LogP contribution in [0.15, 0.2) is 221 Å². The van der Waals surface area contributed by atoms with Gasteiger partial charge in [-0.25, -0.2) is 50.7 Å². The van der Waals surface area contributed by atoms with E-state index in [1.807, 2.05) is 79.9 Å². The van der Waals surface area contributed by atoms with Crippen LogP contribution in [-0.4, -0.2) is 98.3 Å². The zero-order valence-corrected chi connectivity index (χ0v) is 64.4. The van der Waals surface area contributed by atoms with Gasteiger partial charge in [-0.05, 0) is 220 Å². The first-order chi connectivity index (χ1) is 54.1. The smallest absolute Gasteiger partial charge is 0.235 e. The molecule has 8 aromatic carbocycles. The van der Waals surface area contributed by atoms with Gasteiger partial charge < -0.3 is 47.3 Å². The van der Waals surface area contributed by atoms with E-state index in [0.717, 1.165) is 102 Å². The van der Waals surface area contributed by atoms with Crippen molar-refractivity contribution >= 4 is 105 Å². The first-order valence-corrected chi connectivity index (χ1v) is 42.5. The predicted molar refractivity (Wildman–Crippen MR) is 438 cm³/mol. The number of hydrogen-bond acceptors (Lipinski definition) is 21. The first-order valence-electron chi connectivity index (χ1n) is 37.3. The molecule has 0 spiro atoms. The molecule has 2 saturated carbocycles. The average Bonchev–Trinajstić information content (AvgIpc) is 1.60. The van der Waals surface area contributed by atoms with Crippen LogP contribution in [0.5, 0.6) is 5.75 Å². The standard InChI is InChI=1S/C31H31FN6O3S.C31H31FN6O2S.C22H25N5OS/c1-41-23-8-4-6-21(17-23)31(12-13-31)29(39)37-27-11-10-20(16-26(27)32)25-19-35-30-36-22-7-5-9-24(18-22)42(33,40)15-3-2-14-34-28(25)38-30;1-20-17-21(7-12-27(20)37-29(39)31(13-14-31)22-8-10-23(32)11-9-22)26-19-35-30-36-24-5-4-6-25(18-24)41(33,40)16-3-2-15-34-28(26)38-30;23-29(28)14-5-4-13-24-21-18(12-11-17-7-2-1-3-8-17)16-25-22(27-21)26-19-9-6-10-20(29)15-19/h4-11,16-19,33H,2-3,12-15H2,1H3,(H,37,39)(H2,34,35,36,38);4-12,17-19,33H,2-3,13-16H2,1H3,(H,37,39)(H2,34,35,36,38);1-3,6-10,15-16,23H,4-5,11-14H2,(H2,24,25,26,27). The number of halogens is 2. The number of anilines is 11. The van der Waals surface area contributed by atoms with Crippen molar-refractivity contribution in [1.82, 2.24) is 29.9 Å². The minimum Gasteiger partial charge on any atom is -0.497 e. The Balaban J connectivity index is 0.000000142. The molecule has 2 aliphatic carbocycles. The fourth-order valence-corrected chi connectivity index (χ4v) is 18.2. The third kappa shape index (κ3) is 18.3. The van der Waals surface area contributed by atoms with Crippen LogP contribution in [0, 0.1) is 32.9 Å². The number of fused-ring (bicyclic) bond motifs is 12. The molecule has 0 radical (unpaired) electrons. The van der Waals surface area contributed by atoms with Crippen LogP contribution in [-0.2, 0) is 62.4 Å². The molecule has 11 aromatic rings. The minimum atomic E-state index is -2.91. The van der Waals surface area contributed by atoms with E-state index in [1.165, 1.54) is 23.8 Å². The maximum atomic E-state index is 15.4. The Labute approximate surface area is 650 Å². The van der Waals surface area contributed by atoms with Crippen molar-refractivity contribution in [3.63, 3.8) is 0 Å². The summed E-state index contributed by atoms with van der Waals surface area (Å²) in [7, 11) is -7.00. The van der Waals surface area contributed by atoms with E-state index in [0.29, 0.717) is 129 Å². The number of ether oxygens (including phenoxy) is 1. The van der Waals surface area contributed by atoms with Gasteiger partial charge in [0.15, 0.2) is 0 Å². The fraction of sp³-hybridized carbons (Fsp3) is 0.262. The van der Waals surface area contributed by atoms with E-state index in [4.69, 9.17) is 24.1 Å². The topological polar surface area (TPSA) is 340 Å². The summed E-state index contributed by atoms with van der Waals surface area (Å²) in [6.07, 6.45) is 14.1. The Kier molecular flexibility index (Phi) is 23.0.